The Morgan fingerprint density at radius 2 is 1.87 bits per heavy atom. The Balaban J connectivity index is 1.57. The van der Waals surface area contributed by atoms with Crippen molar-refractivity contribution in [1.29, 1.82) is 0 Å². The lowest BCUT2D eigenvalue weighted by molar-refractivity contribution is -0.126. The van der Waals surface area contributed by atoms with E-state index in [-0.39, 0.29) is 27.7 Å². The molecule has 2 N–H and O–H groups in total. The standard InChI is InChI=1S/C22H29N5O3S/c1-14(2)10-11-23-18(28)16-5-4-12-27(13-16)22(30)21-26-25-20(31-21)19(29)24-17-8-6-15(3)7-9-17/h6-9,14,16H,4-5,10-13H2,1-3H3,(H,23,28)(H,24,29)/t16-/m0/s1. The smallest absolute Gasteiger partial charge is 0.286 e. The zero-order valence-corrected chi connectivity index (χ0v) is 19.0. The monoisotopic (exact) mass is 443 g/mol. The van der Waals surface area contributed by atoms with Crippen molar-refractivity contribution in [3.8, 4) is 0 Å². The summed E-state index contributed by atoms with van der Waals surface area (Å²) >= 11 is 0.966. The molecule has 0 bridgehead atoms. The van der Waals surface area contributed by atoms with Gasteiger partial charge in [0, 0.05) is 25.3 Å². The molecule has 8 nitrogen and oxygen atoms in total. The third-order valence-corrected chi connectivity index (χ3v) is 6.12. The molecule has 1 saturated heterocycles. The normalized spacial score (nSPS) is 16.3. The maximum Gasteiger partial charge on any atom is 0.286 e. The molecule has 1 aliphatic rings. The van der Waals surface area contributed by atoms with Gasteiger partial charge in [0.15, 0.2) is 0 Å². The predicted molar refractivity (Wildman–Crippen MR) is 120 cm³/mol. The molecule has 2 heterocycles. The highest BCUT2D eigenvalue weighted by atomic mass is 32.1. The first-order valence-electron chi connectivity index (χ1n) is 10.6. The molecule has 166 valence electrons. The lowest BCUT2D eigenvalue weighted by atomic mass is 9.97. The Bertz CT molecular complexity index is 925. The van der Waals surface area contributed by atoms with E-state index in [1.807, 2.05) is 19.1 Å². The average Bonchev–Trinajstić information content (AvgIpc) is 3.25. The van der Waals surface area contributed by atoms with Crippen molar-refractivity contribution in [1.82, 2.24) is 20.4 Å². The summed E-state index contributed by atoms with van der Waals surface area (Å²) < 4.78 is 0. The Morgan fingerprint density at radius 3 is 2.58 bits per heavy atom. The second-order valence-electron chi connectivity index (χ2n) is 8.30. The van der Waals surface area contributed by atoms with Crippen LogP contribution in [0.25, 0.3) is 0 Å². The largest absolute Gasteiger partial charge is 0.356 e. The Labute approximate surface area is 186 Å². The highest BCUT2D eigenvalue weighted by Crippen LogP contribution is 2.21. The zero-order chi connectivity index (χ0) is 22.4. The van der Waals surface area contributed by atoms with Gasteiger partial charge in [0.1, 0.15) is 0 Å². The van der Waals surface area contributed by atoms with E-state index in [0.717, 1.165) is 36.2 Å². The molecule has 31 heavy (non-hydrogen) atoms. The van der Waals surface area contributed by atoms with Crippen molar-refractivity contribution in [2.45, 2.75) is 40.0 Å². The molecule has 0 unspecified atom stereocenters. The molecule has 0 aliphatic carbocycles. The van der Waals surface area contributed by atoms with E-state index in [9.17, 15) is 14.4 Å². The van der Waals surface area contributed by atoms with Crippen LogP contribution in [-0.2, 0) is 4.79 Å². The first-order valence-corrected chi connectivity index (χ1v) is 11.4. The number of amides is 3. The summed E-state index contributed by atoms with van der Waals surface area (Å²) in [5, 5.41) is 13.8. The van der Waals surface area contributed by atoms with E-state index in [0.29, 0.717) is 31.2 Å². The lowest BCUT2D eigenvalue weighted by Crippen LogP contribution is -2.45. The summed E-state index contributed by atoms with van der Waals surface area (Å²) in [6, 6.07) is 7.41. The van der Waals surface area contributed by atoms with Crippen LogP contribution >= 0.6 is 11.3 Å². The highest BCUT2D eigenvalue weighted by molar-refractivity contribution is 7.15. The number of benzene rings is 1. The molecule has 0 radical (unpaired) electrons. The van der Waals surface area contributed by atoms with Crippen LogP contribution in [0.1, 0.15) is 58.3 Å². The first-order chi connectivity index (χ1) is 14.8. The number of aryl methyl sites for hydroxylation is 1. The van der Waals surface area contributed by atoms with Crippen LogP contribution in [0, 0.1) is 18.8 Å². The number of hydrogen-bond donors (Lipinski definition) is 2. The molecule has 0 spiro atoms. The third-order valence-electron chi connectivity index (χ3n) is 5.21. The van der Waals surface area contributed by atoms with Gasteiger partial charge in [0.05, 0.1) is 5.92 Å². The van der Waals surface area contributed by atoms with Gasteiger partial charge in [0.2, 0.25) is 15.9 Å². The minimum Gasteiger partial charge on any atom is -0.356 e. The lowest BCUT2D eigenvalue weighted by Gasteiger charge is -2.31. The number of carbonyl (C=O) groups is 3. The van der Waals surface area contributed by atoms with Crippen molar-refractivity contribution in [3.05, 3.63) is 39.8 Å². The molecule has 1 fully saturated rings. The van der Waals surface area contributed by atoms with Gasteiger partial charge in [-0.25, -0.2) is 0 Å². The Morgan fingerprint density at radius 1 is 1.16 bits per heavy atom. The fourth-order valence-electron chi connectivity index (χ4n) is 3.36. The maximum absolute atomic E-state index is 12.9. The van der Waals surface area contributed by atoms with E-state index < -0.39 is 5.91 Å². The SMILES string of the molecule is Cc1ccc(NC(=O)c2nnc(C(=O)N3CCC[C@H](C(=O)NCCC(C)C)C3)s2)cc1. The number of rotatable bonds is 7. The second-order valence-corrected chi connectivity index (χ2v) is 9.27. The van der Waals surface area contributed by atoms with Crippen molar-refractivity contribution >= 4 is 34.7 Å². The van der Waals surface area contributed by atoms with E-state index >= 15 is 0 Å². The molecular formula is C22H29N5O3S. The van der Waals surface area contributed by atoms with Crippen molar-refractivity contribution in [2.75, 3.05) is 25.0 Å². The van der Waals surface area contributed by atoms with Gasteiger partial charge in [0.25, 0.3) is 11.8 Å². The van der Waals surface area contributed by atoms with Gasteiger partial charge < -0.3 is 15.5 Å². The van der Waals surface area contributed by atoms with Crippen LogP contribution in [0.2, 0.25) is 0 Å². The van der Waals surface area contributed by atoms with Crippen LogP contribution in [0.4, 0.5) is 5.69 Å². The average molecular weight is 444 g/mol. The van der Waals surface area contributed by atoms with Crippen LogP contribution in [0.3, 0.4) is 0 Å². The van der Waals surface area contributed by atoms with Crippen molar-refractivity contribution < 1.29 is 14.4 Å². The third kappa shape index (κ3) is 6.33. The molecule has 3 amide bonds. The topological polar surface area (TPSA) is 104 Å². The number of nitrogens with one attached hydrogen (secondary N) is 2. The fourth-order valence-corrected chi connectivity index (χ4v) is 4.07. The van der Waals surface area contributed by atoms with Crippen molar-refractivity contribution in [3.63, 3.8) is 0 Å². The predicted octanol–water partition coefficient (Wildman–Crippen LogP) is 3.11. The van der Waals surface area contributed by atoms with Crippen LogP contribution in [0.15, 0.2) is 24.3 Å². The Kier molecular flexibility index (Phi) is 7.73. The number of aromatic nitrogens is 2. The summed E-state index contributed by atoms with van der Waals surface area (Å²) in [7, 11) is 0. The molecule has 2 aromatic rings. The molecular weight excluding hydrogens is 414 g/mol. The zero-order valence-electron chi connectivity index (χ0n) is 18.2. The van der Waals surface area contributed by atoms with E-state index in [1.165, 1.54) is 0 Å². The van der Waals surface area contributed by atoms with Gasteiger partial charge in [-0.05, 0) is 44.2 Å². The number of carbonyl (C=O) groups excluding carboxylic acids is 3. The van der Waals surface area contributed by atoms with E-state index in [2.05, 4.69) is 34.7 Å². The fraction of sp³-hybridized carbons (Fsp3) is 0.500. The first kappa shape index (κ1) is 22.9. The molecule has 9 heteroatoms. The summed E-state index contributed by atoms with van der Waals surface area (Å²) in [5.74, 6) is -0.386. The number of hydrogen-bond acceptors (Lipinski definition) is 6. The van der Waals surface area contributed by atoms with Crippen LogP contribution in [-0.4, -0.2) is 52.5 Å². The molecule has 3 rings (SSSR count). The highest BCUT2D eigenvalue weighted by Gasteiger charge is 2.30. The summed E-state index contributed by atoms with van der Waals surface area (Å²) in [4.78, 5) is 39.4. The Hall–Kier alpha value is -2.81. The van der Waals surface area contributed by atoms with Gasteiger partial charge in [-0.3, -0.25) is 14.4 Å². The maximum atomic E-state index is 12.9. The molecule has 1 atom stereocenters. The van der Waals surface area contributed by atoms with Gasteiger partial charge in [-0.15, -0.1) is 10.2 Å². The molecule has 1 aliphatic heterocycles. The molecule has 1 aromatic heterocycles. The minimum absolute atomic E-state index is 0.00595. The van der Waals surface area contributed by atoms with E-state index in [1.54, 1.807) is 17.0 Å². The molecule has 0 saturated carbocycles. The quantitative estimate of drug-likeness (QED) is 0.684. The van der Waals surface area contributed by atoms with Crippen LogP contribution < -0.4 is 10.6 Å². The van der Waals surface area contributed by atoms with Crippen molar-refractivity contribution in [2.24, 2.45) is 11.8 Å². The number of anilines is 1. The van der Waals surface area contributed by atoms with Gasteiger partial charge in [-0.1, -0.05) is 42.9 Å². The second kappa shape index (κ2) is 10.5. The van der Waals surface area contributed by atoms with Gasteiger partial charge >= 0.3 is 0 Å². The number of likely N-dealkylation sites (tertiary alicyclic amines) is 1. The van der Waals surface area contributed by atoms with E-state index in [4.69, 9.17) is 0 Å². The molecule has 1 aromatic carbocycles. The van der Waals surface area contributed by atoms with Gasteiger partial charge in [-0.2, -0.15) is 0 Å². The minimum atomic E-state index is -0.401. The van der Waals surface area contributed by atoms with Crippen LogP contribution in [0.5, 0.6) is 0 Å². The summed E-state index contributed by atoms with van der Waals surface area (Å²) in [6.45, 7) is 7.77. The number of nitrogens with zero attached hydrogens (tertiary/aromatic N) is 3. The number of piperidine rings is 1. The summed E-state index contributed by atoms with van der Waals surface area (Å²) in [6.07, 6.45) is 2.45. The summed E-state index contributed by atoms with van der Waals surface area (Å²) in [5.41, 5.74) is 1.75.